The minimum atomic E-state index is -3.97. The summed E-state index contributed by atoms with van der Waals surface area (Å²) in [4.78, 5) is 4.13. The van der Waals surface area contributed by atoms with Gasteiger partial charge in [0.2, 0.25) is 0 Å². The first-order chi connectivity index (χ1) is 19.8. The fraction of sp³-hybridized carbons (Fsp3) is 0.526. The molecular formula is C38H56O3S2. The molecule has 3 nitrogen and oxygen atoms in total. The maximum atomic E-state index is 10.2. The molecule has 0 unspecified atom stereocenters. The Labute approximate surface area is 267 Å². The highest BCUT2D eigenvalue weighted by molar-refractivity contribution is 7.97. The molecule has 0 aliphatic rings. The van der Waals surface area contributed by atoms with Crippen molar-refractivity contribution < 1.29 is 13.0 Å². The third-order valence-corrected chi connectivity index (χ3v) is 10.6. The Bertz CT molecular complexity index is 1200. The van der Waals surface area contributed by atoms with Crippen molar-refractivity contribution in [1.29, 1.82) is 0 Å². The lowest BCUT2D eigenvalue weighted by molar-refractivity contribution is 0.459. The Hall–Kier alpha value is -2.08. The van der Waals surface area contributed by atoms with Gasteiger partial charge in [-0.2, -0.15) is 0 Å². The van der Waals surface area contributed by atoms with E-state index >= 15 is 0 Å². The Morgan fingerprint density at radius 2 is 0.791 bits per heavy atom. The van der Waals surface area contributed by atoms with Crippen molar-refractivity contribution >= 4 is 21.0 Å². The first-order valence-corrected chi connectivity index (χ1v) is 18.6. The second kappa shape index (κ2) is 15.8. The van der Waals surface area contributed by atoms with Crippen molar-refractivity contribution in [3.8, 4) is 0 Å². The Balaban J connectivity index is 0.000000455. The largest absolute Gasteiger partial charge is 0.748 e. The van der Waals surface area contributed by atoms with Gasteiger partial charge in [-0.25, -0.2) is 8.42 Å². The van der Waals surface area contributed by atoms with Crippen LogP contribution in [0.25, 0.3) is 0 Å². The van der Waals surface area contributed by atoms with E-state index in [1.807, 2.05) is 0 Å². The van der Waals surface area contributed by atoms with Gasteiger partial charge in [-0.1, -0.05) is 138 Å². The standard InChI is InChI=1S/C30H39S.C8H18O3S/c1-28(2,3)22-10-16-25(17-11-22)31(26-18-12-23(13-19-26)29(4,5)6)27-20-14-24(15-21-27)30(7,8)9;1-2-3-4-5-6-7-8-12(9,10)11/h10-21H,1-9H3;2-8H2,1H3,(H,9,10,11)/q+1;/p-1. The summed E-state index contributed by atoms with van der Waals surface area (Å²) in [5.41, 5.74) is 4.64. The summed E-state index contributed by atoms with van der Waals surface area (Å²) < 4.78 is 30.5. The predicted molar refractivity (Wildman–Crippen MR) is 186 cm³/mol. The molecule has 0 amide bonds. The maximum absolute atomic E-state index is 10.2. The highest BCUT2D eigenvalue weighted by Gasteiger charge is 2.30. The third-order valence-electron chi connectivity index (χ3n) is 7.62. The molecule has 0 aliphatic carbocycles. The van der Waals surface area contributed by atoms with Crippen LogP contribution in [0, 0.1) is 0 Å². The van der Waals surface area contributed by atoms with E-state index < -0.39 is 10.1 Å². The third kappa shape index (κ3) is 12.8. The fourth-order valence-corrected chi connectivity index (χ4v) is 7.34. The summed E-state index contributed by atoms with van der Waals surface area (Å²) in [6.45, 7) is 22.6. The van der Waals surface area contributed by atoms with Crippen LogP contribution < -0.4 is 0 Å². The molecule has 0 bridgehead atoms. The molecule has 3 aromatic carbocycles. The molecule has 0 radical (unpaired) electrons. The number of benzene rings is 3. The molecule has 3 aromatic rings. The van der Waals surface area contributed by atoms with Crippen LogP contribution in [0.3, 0.4) is 0 Å². The van der Waals surface area contributed by atoms with Crippen LogP contribution in [0.1, 0.15) is 124 Å². The van der Waals surface area contributed by atoms with E-state index in [1.165, 1.54) is 44.2 Å². The van der Waals surface area contributed by atoms with Crippen LogP contribution >= 0.6 is 0 Å². The van der Waals surface area contributed by atoms with Gasteiger partial charge < -0.3 is 4.55 Å². The lowest BCUT2D eigenvalue weighted by atomic mass is 9.87. The fourth-order valence-electron chi connectivity index (χ4n) is 4.74. The molecule has 0 N–H and O–H groups in total. The van der Waals surface area contributed by atoms with Crippen molar-refractivity contribution in [1.82, 2.24) is 0 Å². The second-order valence-corrected chi connectivity index (χ2v) is 18.2. The van der Waals surface area contributed by atoms with E-state index in [0.29, 0.717) is 6.42 Å². The monoisotopic (exact) mass is 624 g/mol. The highest BCUT2D eigenvalue weighted by Crippen LogP contribution is 2.35. The Morgan fingerprint density at radius 3 is 1.05 bits per heavy atom. The predicted octanol–water partition coefficient (Wildman–Crippen LogP) is 10.6. The van der Waals surface area contributed by atoms with Gasteiger partial charge in [-0.05, 0) is 75.8 Å². The lowest BCUT2D eigenvalue weighted by Gasteiger charge is -2.21. The molecule has 3 rings (SSSR count). The summed E-state index contributed by atoms with van der Waals surface area (Å²) in [7, 11) is -4.09. The van der Waals surface area contributed by atoms with Gasteiger partial charge in [0, 0.05) is 5.75 Å². The van der Waals surface area contributed by atoms with Crippen molar-refractivity contribution in [2.24, 2.45) is 0 Å². The van der Waals surface area contributed by atoms with Gasteiger partial charge >= 0.3 is 0 Å². The summed E-state index contributed by atoms with van der Waals surface area (Å²) >= 11 is 0. The normalized spacial score (nSPS) is 12.7. The molecule has 0 aromatic heterocycles. The SMILES string of the molecule is CC(C)(C)c1ccc([S+](c2ccc(C(C)(C)C)cc2)c2ccc(C(C)(C)C)cc2)cc1.CCCCCCCCS(=O)(=O)[O-]. The zero-order chi connectivity index (χ0) is 32.5. The molecule has 0 saturated heterocycles. The number of hydrogen-bond donors (Lipinski definition) is 0. The van der Waals surface area contributed by atoms with Gasteiger partial charge in [-0.15, -0.1) is 0 Å². The van der Waals surface area contributed by atoms with Crippen LogP contribution in [0.4, 0.5) is 0 Å². The van der Waals surface area contributed by atoms with Crippen LogP contribution in [0.2, 0.25) is 0 Å². The van der Waals surface area contributed by atoms with E-state index in [2.05, 4.69) is 142 Å². The van der Waals surface area contributed by atoms with Crippen molar-refractivity contribution in [3.63, 3.8) is 0 Å². The van der Waals surface area contributed by atoms with E-state index in [4.69, 9.17) is 0 Å². The van der Waals surface area contributed by atoms with Crippen LogP contribution in [-0.2, 0) is 37.3 Å². The van der Waals surface area contributed by atoms with Crippen molar-refractivity contribution in [3.05, 3.63) is 89.5 Å². The summed E-state index contributed by atoms with van der Waals surface area (Å²) in [6, 6.07) is 27.8. The minimum Gasteiger partial charge on any atom is -0.748 e. The van der Waals surface area contributed by atoms with Gasteiger partial charge in [0.1, 0.15) is 0 Å². The highest BCUT2D eigenvalue weighted by atomic mass is 32.2. The van der Waals surface area contributed by atoms with Gasteiger partial charge in [-0.3, -0.25) is 0 Å². The molecule has 5 heteroatoms. The summed E-state index contributed by atoms with van der Waals surface area (Å²) in [6.07, 6.45) is 5.96. The zero-order valence-corrected chi connectivity index (χ0v) is 30.1. The maximum Gasteiger partial charge on any atom is 0.166 e. The van der Waals surface area contributed by atoms with E-state index in [-0.39, 0.29) is 32.9 Å². The average Bonchev–Trinajstić information content (AvgIpc) is 2.90. The number of rotatable bonds is 10. The molecule has 0 fully saturated rings. The molecule has 0 aliphatic heterocycles. The second-order valence-electron chi connectivity index (χ2n) is 14.7. The minimum absolute atomic E-state index is 0.120. The first-order valence-electron chi connectivity index (χ1n) is 15.8. The smallest absolute Gasteiger partial charge is 0.166 e. The molecule has 0 spiro atoms. The van der Waals surface area contributed by atoms with Crippen LogP contribution in [-0.4, -0.2) is 18.7 Å². The lowest BCUT2D eigenvalue weighted by Crippen LogP contribution is -2.13. The quantitative estimate of drug-likeness (QED) is 0.128. The molecule has 0 saturated carbocycles. The molecule has 0 atom stereocenters. The van der Waals surface area contributed by atoms with Gasteiger partial charge in [0.05, 0.1) is 21.0 Å². The molecule has 238 valence electrons. The summed E-state index contributed by atoms with van der Waals surface area (Å²) in [5.74, 6) is -0.195. The van der Waals surface area contributed by atoms with Crippen LogP contribution in [0.5, 0.6) is 0 Å². The topological polar surface area (TPSA) is 57.2 Å². The van der Waals surface area contributed by atoms with E-state index in [0.717, 1.165) is 19.3 Å². The molecular weight excluding hydrogens is 569 g/mol. The molecule has 43 heavy (non-hydrogen) atoms. The Kier molecular flexibility index (Phi) is 13.6. The van der Waals surface area contributed by atoms with Crippen molar-refractivity contribution in [2.75, 3.05) is 5.75 Å². The van der Waals surface area contributed by atoms with E-state index in [9.17, 15) is 13.0 Å². The summed E-state index contributed by atoms with van der Waals surface area (Å²) in [5, 5.41) is 0. The van der Waals surface area contributed by atoms with Crippen molar-refractivity contribution in [2.45, 2.75) is 139 Å². The number of hydrogen-bond acceptors (Lipinski definition) is 3. The Morgan fingerprint density at radius 1 is 0.512 bits per heavy atom. The average molecular weight is 625 g/mol. The molecule has 0 heterocycles. The van der Waals surface area contributed by atoms with Gasteiger partial charge in [0.25, 0.3) is 0 Å². The van der Waals surface area contributed by atoms with E-state index in [1.54, 1.807) is 0 Å². The first kappa shape index (κ1) is 37.1. The van der Waals surface area contributed by atoms with Crippen LogP contribution in [0.15, 0.2) is 87.5 Å². The number of unbranched alkanes of at least 4 members (excludes halogenated alkanes) is 5. The zero-order valence-electron chi connectivity index (χ0n) is 28.4. The van der Waals surface area contributed by atoms with Gasteiger partial charge in [0.15, 0.2) is 14.7 Å².